The van der Waals surface area contributed by atoms with Crippen LogP contribution in [0.2, 0.25) is 0 Å². The molecule has 1 aliphatic rings. The van der Waals surface area contributed by atoms with Gasteiger partial charge in [-0.15, -0.1) is 0 Å². The molecule has 0 atom stereocenters. The highest BCUT2D eigenvalue weighted by Crippen LogP contribution is 2.36. The highest BCUT2D eigenvalue weighted by molar-refractivity contribution is 5.65. The fourth-order valence-electron chi connectivity index (χ4n) is 2.27. The number of benzene rings is 1. The van der Waals surface area contributed by atoms with Crippen molar-refractivity contribution >= 4 is 5.69 Å². The quantitative estimate of drug-likeness (QED) is 0.807. The summed E-state index contributed by atoms with van der Waals surface area (Å²) in [5.74, 6) is 1.04. The van der Waals surface area contributed by atoms with E-state index in [1.54, 1.807) is 7.11 Å². The molecule has 1 aromatic carbocycles. The van der Waals surface area contributed by atoms with Gasteiger partial charge < -0.3 is 15.4 Å². The summed E-state index contributed by atoms with van der Waals surface area (Å²) in [7, 11) is 3.86. The SMILES string of the molecule is COc1c(CCN)ccc2c1CCN2C. The van der Waals surface area contributed by atoms with Gasteiger partial charge in [0.1, 0.15) is 5.75 Å². The van der Waals surface area contributed by atoms with Crippen LogP contribution in [0.3, 0.4) is 0 Å². The Balaban J connectivity index is 2.45. The monoisotopic (exact) mass is 206 g/mol. The van der Waals surface area contributed by atoms with Gasteiger partial charge in [-0.25, -0.2) is 0 Å². The predicted octanol–water partition coefficient (Wildman–Crippen LogP) is 1.19. The zero-order valence-corrected chi connectivity index (χ0v) is 9.42. The van der Waals surface area contributed by atoms with Crippen LogP contribution in [0.1, 0.15) is 11.1 Å². The number of nitrogens with zero attached hydrogens (tertiary/aromatic N) is 1. The summed E-state index contributed by atoms with van der Waals surface area (Å²) in [4.78, 5) is 2.27. The van der Waals surface area contributed by atoms with Crippen LogP contribution in [0, 0.1) is 0 Å². The molecule has 15 heavy (non-hydrogen) atoms. The Morgan fingerprint density at radius 2 is 2.27 bits per heavy atom. The van der Waals surface area contributed by atoms with Gasteiger partial charge in [-0.05, 0) is 31.0 Å². The molecule has 0 fully saturated rings. The second kappa shape index (κ2) is 4.11. The van der Waals surface area contributed by atoms with Gasteiger partial charge in [0.2, 0.25) is 0 Å². The molecular formula is C12H18N2O. The van der Waals surface area contributed by atoms with Crippen LogP contribution < -0.4 is 15.4 Å². The molecule has 1 heterocycles. The van der Waals surface area contributed by atoms with Crippen molar-refractivity contribution in [3.8, 4) is 5.75 Å². The van der Waals surface area contributed by atoms with Crippen LogP contribution >= 0.6 is 0 Å². The Morgan fingerprint density at radius 3 is 2.93 bits per heavy atom. The van der Waals surface area contributed by atoms with Crippen molar-refractivity contribution in [2.24, 2.45) is 5.73 Å². The Hall–Kier alpha value is -1.22. The van der Waals surface area contributed by atoms with Crippen LogP contribution in [0.4, 0.5) is 5.69 Å². The first-order valence-electron chi connectivity index (χ1n) is 5.38. The van der Waals surface area contributed by atoms with Crippen LogP contribution in [0.5, 0.6) is 5.75 Å². The molecule has 1 aliphatic heterocycles. The summed E-state index contributed by atoms with van der Waals surface area (Å²) in [6.07, 6.45) is 1.97. The summed E-state index contributed by atoms with van der Waals surface area (Å²) < 4.78 is 5.51. The minimum absolute atomic E-state index is 0.672. The molecule has 0 aromatic heterocycles. The van der Waals surface area contributed by atoms with E-state index in [4.69, 9.17) is 10.5 Å². The highest BCUT2D eigenvalue weighted by Gasteiger charge is 2.21. The highest BCUT2D eigenvalue weighted by atomic mass is 16.5. The largest absolute Gasteiger partial charge is 0.496 e. The first-order chi connectivity index (χ1) is 7.27. The summed E-state index contributed by atoms with van der Waals surface area (Å²) in [5, 5.41) is 0. The van der Waals surface area contributed by atoms with Crippen molar-refractivity contribution in [1.29, 1.82) is 0 Å². The van der Waals surface area contributed by atoms with E-state index in [-0.39, 0.29) is 0 Å². The lowest BCUT2D eigenvalue weighted by Crippen LogP contribution is -2.12. The van der Waals surface area contributed by atoms with Crippen LogP contribution in [0.25, 0.3) is 0 Å². The fourth-order valence-corrected chi connectivity index (χ4v) is 2.27. The van der Waals surface area contributed by atoms with E-state index in [2.05, 4.69) is 24.1 Å². The molecule has 1 aromatic rings. The van der Waals surface area contributed by atoms with Crippen molar-refractivity contribution in [2.45, 2.75) is 12.8 Å². The van der Waals surface area contributed by atoms with Gasteiger partial charge in [0, 0.05) is 24.8 Å². The Kier molecular flexibility index (Phi) is 2.82. The minimum Gasteiger partial charge on any atom is -0.496 e. The third-order valence-electron chi connectivity index (χ3n) is 3.04. The van der Waals surface area contributed by atoms with Crippen molar-refractivity contribution in [3.05, 3.63) is 23.3 Å². The number of fused-ring (bicyclic) bond motifs is 1. The Morgan fingerprint density at radius 1 is 1.47 bits per heavy atom. The number of likely N-dealkylation sites (N-methyl/N-ethyl adjacent to an activating group) is 1. The van der Waals surface area contributed by atoms with Gasteiger partial charge in [-0.1, -0.05) is 6.07 Å². The lowest BCUT2D eigenvalue weighted by atomic mass is 10.0. The Bertz CT molecular complexity index is 363. The van der Waals surface area contributed by atoms with E-state index in [0.717, 1.165) is 25.1 Å². The maximum absolute atomic E-state index is 5.59. The van der Waals surface area contributed by atoms with Gasteiger partial charge >= 0.3 is 0 Å². The number of methoxy groups -OCH3 is 1. The van der Waals surface area contributed by atoms with E-state index in [1.807, 2.05) is 0 Å². The van der Waals surface area contributed by atoms with Gasteiger partial charge in [0.15, 0.2) is 0 Å². The fraction of sp³-hybridized carbons (Fsp3) is 0.500. The number of nitrogens with two attached hydrogens (primary N) is 1. The molecule has 0 saturated heterocycles. The second-order valence-electron chi connectivity index (χ2n) is 3.97. The molecule has 0 radical (unpaired) electrons. The lowest BCUT2D eigenvalue weighted by Gasteiger charge is -2.15. The van der Waals surface area contributed by atoms with E-state index < -0.39 is 0 Å². The second-order valence-corrected chi connectivity index (χ2v) is 3.97. The third-order valence-corrected chi connectivity index (χ3v) is 3.04. The normalized spacial score (nSPS) is 14.2. The molecule has 0 amide bonds. The standard InChI is InChI=1S/C12H18N2O/c1-14-8-6-10-11(14)4-3-9(5-7-13)12(10)15-2/h3-4H,5-8,13H2,1-2H3. The van der Waals surface area contributed by atoms with E-state index in [1.165, 1.54) is 16.8 Å². The zero-order chi connectivity index (χ0) is 10.8. The van der Waals surface area contributed by atoms with E-state index in [9.17, 15) is 0 Å². The first-order valence-corrected chi connectivity index (χ1v) is 5.38. The average Bonchev–Trinajstić information content (AvgIpc) is 2.61. The molecule has 3 heteroatoms. The average molecular weight is 206 g/mol. The van der Waals surface area contributed by atoms with Crippen molar-refractivity contribution in [1.82, 2.24) is 0 Å². The summed E-state index contributed by atoms with van der Waals surface area (Å²) in [6.45, 7) is 1.75. The van der Waals surface area contributed by atoms with Gasteiger partial charge in [0.05, 0.1) is 7.11 Å². The minimum atomic E-state index is 0.672. The summed E-state index contributed by atoms with van der Waals surface area (Å²) in [6, 6.07) is 4.31. The molecule has 0 spiro atoms. The first kappa shape index (κ1) is 10.3. The molecule has 82 valence electrons. The van der Waals surface area contributed by atoms with Crippen molar-refractivity contribution < 1.29 is 4.74 Å². The topological polar surface area (TPSA) is 38.5 Å². The maximum Gasteiger partial charge on any atom is 0.127 e. The molecule has 0 unspecified atom stereocenters. The molecule has 2 N–H and O–H groups in total. The number of anilines is 1. The Labute approximate surface area is 90.8 Å². The molecule has 3 nitrogen and oxygen atoms in total. The number of hydrogen-bond donors (Lipinski definition) is 1. The number of hydrogen-bond acceptors (Lipinski definition) is 3. The van der Waals surface area contributed by atoms with Crippen molar-refractivity contribution in [3.63, 3.8) is 0 Å². The molecule has 0 aliphatic carbocycles. The van der Waals surface area contributed by atoms with Crippen LogP contribution in [-0.4, -0.2) is 27.2 Å². The van der Waals surface area contributed by atoms with Crippen molar-refractivity contribution in [2.75, 3.05) is 32.1 Å². The third kappa shape index (κ3) is 1.67. The smallest absolute Gasteiger partial charge is 0.127 e. The molecular weight excluding hydrogens is 188 g/mol. The lowest BCUT2D eigenvalue weighted by molar-refractivity contribution is 0.406. The summed E-state index contributed by atoms with van der Waals surface area (Å²) in [5.41, 5.74) is 9.46. The zero-order valence-electron chi connectivity index (χ0n) is 9.42. The summed E-state index contributed by atoms with van der Waals surface area (Å²) >= 11 is 0. The van der Waals surface area contributed by atoms with Crippen LogP contribution in [-0.2, 0) is 12.8 Å². The molecule has 0 saturated carbocycles. The van der Waals surface area contributed by atoms with Gasteiger partial charge in [0.25, 0.3) is 0 Å². The molecule has 0 bridgehead atoms. The number of rotatable bonds is 3. The number of ether oxygens (including phenoxy) is 1. The predicted molar refractivity (Wildman–Crippen MR) is 62.7 cm³/mol. The molecule has 2 rings (SSSR count). The van der Waals surface area contributed by atoms with Gasteiger partial charge in [-0.2, -0.15) is 0 Å². The van der Waals surface area contributed by atoms with Crippen LogP contribution in [0.15, 0.2) is 12.1 Å². The maximum atomic E-state index is 5.59. The van der Waals surface area contributed by atoms with Gasteiger partial charge in [-0.3, -0.25) is 0 Å². The van der Waals surface area contributed by atoms with E-state index >= 15 is 0 Å². The van der Waals surface area contributed by atoms with E-state index in [0.29, 0.717) is 6.54 Å².